The highest BCUT2D eigenvalue weighted by Crippen LogP contribution is 2.35. The first-order chi connectivity index (χ1) is 6.27. The fourth-order valence-corrected chi connectivity index (χ4v) is 3.73. The lowest BCUT2D eigenvalue weighted by molar-refractivity contribution is 0.203. The highest BCUT2D eigenvalue weighted by Gasteiger charge is 2.21. The number of nitrogens with zero attached hydrogens (tertiary/aromatic N) is 1. The molecule has 1 saturated heterocycles. The zero-order valence-electron chi connectivity index (χ0n) is 7.56. The van der Waals surface area contributed by atoms with Gasteiger partial charge in [-0.1, -0.05) is 0 Å². The number of thiazole rings is 1. The van der Waals surface area contributed by atoms with E-state index in [1.54, 1.807) is 18.3 Å². The molecule has 1 aliphatic heterocycles. The molecule has 13 heavy (non-hydrogen) atoms. The molecule has 2 unspecified atom stereocenters. The first kappa shape index (κ1) is 9.49. The number of aliphatic hydroxyl groups excluding tert-OH is 1. The smallest absolute Gasteiger partial charge is 0.0968 e. The van der Waals surface area contributed by atoms with E-state index in [0.717, 1.165) is 4.88 Å². The van der Waals surface area contributed by atoms with Crippen molar-refractivity contribution in [2.45, 2.75) is 25.4 Å². The number of rotatable bonds is 2. The molecule has 72 valence electrons. The summed E-state index contributed by atoms with van der Waals surface area (Å²) in [6.45, 7) is 1.79. The molecule has 1 N–H and O–H groups in total. The minimum Gasteiger partial charge on any atom is -0.388 e. The third kappa shape index (κ3) is 2.06. The van der Waals surface area contributed by atoms with Gasteiger partial charge < -0.3 is 5.11 Å². The van der Waals surface area contributed by atoms with Crippen LogP contribution in [0.2, 0.25) is 0 Å². The average molecular weight is 215 g/mol. The van der Waals surface area contributed by atoms with Crippen LogP contribution in [0.25, 0.3) is 0 Å². The molecular formula is C9H13NOS2. The van der Waals surface area contributed by atoms with Crippen LogP contribution in [-0.4, -0.2) is 21.6 Å². The number of hydrogen-bond acceptors (Lipinski definition) is 4. The van der Waals surface area contributed by atoms with Crippen molar-refractivity contribution in [1.82, 2.24) is 4.98 Å². The summed E-state index contributed by atoms with van der Waals surface area (Å²) in [4.78, 5) is 5.36. The fraction of sp³-hybridized carbons (Fsp3) is 0.667. The molecule has 2 atom stereocenters. The molecule has 2 heterocycles. The van der Waals surface area contributed by atoms with Gasteiger partial charge in [-0.25, -0.2) is 4.98 Å². The maximum absolute atomic E-state index is 9.35. The normalized spacial score (nSPS) is 24.9. The van der Waals surface area contributed by atoms with Crippen LogP contribution >= 0.6 is 23.1 Å². The predicted molar refractivity (Wildman–Crippen MR) is 57.4 cm³/mol. The third-order valence-corrected chi connectivity index (χ3v) is 4.72. The van der Waals surface area contributed by atoms with Crippen LogP contribution in [0.4, 0.5) is 0 Å². The second-order valence-electron chi connectivity index (χ2n) is 3.34. The van der Waals surface area contributed by atoms with E-state index in [0.29, 0.717) is 5.92 Å². The summed E-state index contributed by atoms with van der Waals surface area (Å²) in [5.74, 6) is 3.10. The summed E-state index contributed by atoms with van der Waals surface area (Å²) in [5.41, 5.74) is 0. The van der Waals surface area contributed by atoms with Crippen LogP contribution in [-0.2, 0) is 0 Å². The van der Waals surface area contributed by atoms with Crippen molar-refractivity contribution in [3.63, 3.8) is 0 Å². The molecule has 0 radical (unpaired) electrons. The molecule has 4 heteroatoms. The molecular weight excluding hydrogens is 202 g/mol. The Morgan fingerprint density at radius 2 is 2.54 bits per heavy atom. The summed E-state index contributed by atoms with van der Waals surface area (Å²) < 4.78 is 0. The van der Waals surface area contributed by atoms with Crippen molar-refractivity contribution in [2.75, 3.05) is 11.5 Å². The Hall–Kier alpha value is -0.0600. The Kier molecular flexibility index (Phi) is 2.91. The van der Waals surface area contributed by atoms with E-state index in [9.17, 15) is 5.11 Å². The van der Waals surface area contributed by atoms with Crippen molar-refractivity contribution in [3.8, 4) is 0 Å². The van der Waals surface area contributed by atoms with E-state index in [4.69, 9.17) is 0 Å². The van der Waals surface area contributed by atoms with E-state index < -0.39 is 0 Å². The zero-order valence-corrected chi connectivity index (χ0v) is 9.20. The topological polar surface area (TPSA) is 33.1 Å². The van der Waals surface area contributed by atoms with Gasteiger partial charge in [-0.2, -0.15) is 11.8 Å². The third-order valence-electron chi connectivity index (χ3n) is 2.23. The van der Waals surface area contributed by atoms with Crippen LogP contribution in [0.5, 0.6) is 0 Å². The van der Waals surface area contributed by atoms with Gasteiger partial charge >= 0.3 is 0 Å². The first-order valence-electron chi connectivity index (χ1n) is 4.49. The number of aromatic nitrogens is 1. The molecule has 1 aromatic heterocycles. The van der Waals surface area contributed by atoms with Gasteiger partial charge in [0.15, 0.2) is 0 Å². The van der Waals surface area contributed by atoms with E-state index in [1.165, 1.54) is 22.9 Å². The van der Waals surface area contributed by atoms with E-state index >= 15 is 0 Å². The number of hydrogen-bond donors (Lipinski definition) is 1. The minimum absolute atomic E-state index is 0.361. The average Bonchev–Trinajstić information content (AvgIpc) is 2.75. The second kappa shape index (κ2) is 3.98. The lowest BCUT2D eigenvalue weighted by Gasteiger charge is -2.01. The number of thioether (sulfide) groups is 1. The molecule has 2 nitrogen and oxygen atoms in total. The van der Waals surface area contributed by atoms with Crippen molar-refractivity contribution in [3.05, 3.63) is 16.1 Å². The molecule has 0 aromatic carbocycles. The van der Waals surface area contributed by atoms with Gasteiger partial charge in [0.05, 0.1) is 16.0 Å². The van der Waals surface area contributed by atoms with Gasteiger partial charge in [-0.15, -0.1) is 11.3 Å². The lowest BCUT2D eigenvalue weighted by atomic mass is 10.1. The van der Waals surface area contributed by atoms with E-state index in [2.05, 4.69) is 4.98 Å². The van der Waals surface area contributed by atoms with Gasteiger partial charge in [0.1, 0.15) is 0 Å². The van der Waals surface area contributed by atoms with Crippen LogP contribution in [0.1, 0.15) is 35.3 Å². The molecule has 1 aliphatic rings. The van der Waals surface area contributed by atoms with Crippen LogP contribution in [0.3, 0.4) is 0 Å². The van der Waals surface area contributed by atoms with Crippen molar-refractivity contribution in [2.24, 2.45) is 0 Å². The number of aliphatic hydroxyl groups is 1. The standard InChI is InChI=1S/C9H13NOS2/c1-6(11)8-4-10-9(13-8)7-2-3-12-5-7/h4,6-7,11H,2-3,5H2,1H3. The Balaban J connectivity index is 2.12. The quantitative estimate of drug-likeness (QED) is 0.822. The van der Waals surface area contributed by atoms with Gasteiger partial charge in [0, 0.05) is 17.9 Å². The summed E-state index contributed by atoms with van der Waals surface area (Å²) in [6.07, 6.45) is 2.70. The summed E-state index contributed by atoms with van der Waals surface area (Å²) in [5, 5.41) is 10.6. The van der Waals surface area contributed by atoms with Crippen LogP contribution in [0, 0.1) is 0 Å². The second-order valence-corrected chi connectivity index (χ2v) is 5.58. The monoisotopic (exact) mass is 215 g/mol. The maximum Gasteiger partial charge on any atom is 0.0968 e. The molecule has 0 amide bonds. The Labute approximate surface area is 86.4 Å². The predicted octanol–water partition coefficient (Wildman–Crippen LogP) is 2.42. The van der Waals surface area contributed by atoms with Gasteiger partial charge in [0.2, 0.25) is 0 Å². The summed E-state index contributed by atoms with van der Waals surface area (Å²) >= 11 is 3.66. The molecule has 1 aromatic rings. The lowest BCUT2D eigenvalue weighted by Crippen LogP contribution is -1.93. The SMILES string of the molecule is CC(O)c1cnc(C2CCSC2)s1. The molecule has 2 rings (SSSR count). The van der Waals surface area contributed by atoms with Crippen LogP contribution in [0.15, 0.2) is 6.20 Å². The van der Waals surface area contributed by atoms with E-state index in [1.807, 2.05) is 18.0 Å². The van der Waals surface area contributed by atoms with Gasteiger partial charge in [-0.3, -0.25) is 0 Å². The molecule has 1 fully saturated rings. The fourth-order valence-electron chi connectivity index (χ4n) is 1.41. The van der Waals surface area contributed by atoms with E-state index in [-0.39, 0.29) is 6.10 Å². The van der Waals surface area contributed by atoms with Gasteiger partial charge in [0.25, 0.3) is 0 Å². The van der Waals surface area contributed by atoms with Crippen molar-refractivity contribution >= 4 is 23.1 Å². The molecule has 0 spiro atoms. The summed E-state index contributed by atoms with van der Waals surface area (Å²) in [6, 6.07) is 0. The highest BCUT2D eigenvalue weighted by molar-refractivity contribution is 7.99. The Morgan fingerprint density at radius 3 is 3.08 bits per heavy atom. The summed E-state index contributed by atoms with van der Waals surface area (Å²) in [7, 11) is 0. The first-order valence-corrected chi connectivity index (χ1v) is 6.46. The zero-order chi connectivity index (χ0) is 9.26. The molecule has 0 aliphatic carbocycles. The van der Waals surface area contributed by atoms with Crippen molar-refractivity contribution < 1.29 is 5.11 Å². The largest absolute Gasteiger partial charge is 0.388 e. The molecule has 0 saturated carbocycles. The minimum atomic E-state index is -0.361. The Bertz CT molecular complexity index is 279. The molecule has 0 bridgehead atoms. The maximum atomic E-state index is 9.35. The van der Waals surface area contributed by atoms with Crippen molar-refractivity contribution in [1.29, 1.82) is 0 Å². The van der Waals surface area contributed by atoms with Gasteiger partial charge in [-0.05, 0) is 19.1 Å². The Morgan fingerprint density at radius 1 is 1.69 bits per heavy atom. The van der Waals surface area contributed by atoms with Crippen LogP contribution < -0.4 is 0 Å². The highest BCUT2D eigenvalue weighted by atomic mass is 32.2.